The standard InChI is InChI=1S/C34H47N3S/c1-22-5-7-27(8-6-22)31(28-9-11-29(12-10-28)33(2,3)4)30-16-26(20-35-30)21-36-32(38)37-34-17-23-13-24(18-34)15-25(14-23)19-34/h5-12,23-26,30-31,35H,13-21H2,1-4H3,(H2,36,37,38)/t23?,24?,25?,26?,30-,31?,34?/m1/s1. The van der Waals surface area contributed by atoms with Gasteiger partial charge in [0.25, 0.3) is 0 Å². The molecule has 2 unspecified atom stereocenters. The molecule has 2 aromatic carbocycles. The van der Waals surface area contributed by atoms with Crippen molar-refractivity contribution >= 4 is 17.3 Å². The van der Waals surface area contributed by atoms with Crippen molar-refractivity contribution in [3.05, 3.63) is 70.8 Å². The highest BCUT2D eigenvalue weighted by Gasteiger charge is 2.51. The second-order valence-electron chi connectivity index (χ2n) is 14.4. The maximum atomic E-state index is 5.87. The molecule has 0 aromatic heterocycles. The summed E-state index contributed by atoms with van der Waals surface area (Å²) in [6, 6.07) is 19.0. The van der Waals surface area contributed by atoms with Gasteiger partial charge in [0, 0.05) is 24.0 Å². The molecule has 1 heterocycles. The third-order valence-corrected chi connectivity index (χ3v) is 10.4. The predicted octanol–water partition coefficient (Wildman–Crippen LogP) is 6.84. The lowest BCUT2D eigenvalue weighted by molar-refractivity contribution is -0.0101. The van der Waals surface area contributed by atoms with E-state index in [0.29, 0.717) is 17.9 Å². The first-order valence-corrected chi connectivity index (χ1v) is 15.5. The van der Waals surface area contributed by atoms with Gasteiger partial charge in [0.2, 0.25) is 0 Å². The van der Waals surface area contributed by atoms with Crippen molar-refractivity contribution in [1.29, 1.82) is 0 Å². The van der Waals surface area contributed by atoms with Crippen LogP contribution in [0.5, 0.6) is 0 Å². The number of thiocarbonyl (C=S) groups is 1. The summed E-state index contributed by atoms with van der Waals surface area (Å²) in [6.45, 7) is 11.0. The molecule has 1 saturated heterocycles. The maximum absolute atomic E-state index is 5.87. The van der Waals surface area contributed by atoms with Crippen molar-refractivity contribution in [3.63, 3.8) is 0 Å². The summed E-state index contributed by atoms with van der Waals surface area (Å²) in [6.07, 6.45) is 9.57. The minimum absolute atomic E-state index is 0.170. The Kier molecular flexibility index (Phi) is 7.10. The molecule has 7 rings (SSSR count). The molecule has 3 N–H and O–H groups in total. The van der Waals surface area contributed by atoms with Crippen molar-refractivity contribution in [1.82, 2.24) is 16.0 Å². The molecule has 4 bridgehead atoms. The molecule has 204 valence electrons. The number of aryl methyl sites for hydroxylation is 1. The van der Waals surface area contributed by atoms with Gasteiger partial charge in [0.15, 0.2) is 5.11 Å². The summed E-state index contributed by atoms with van der Waals surface area (Å²) >= 11 is 5.87. The van der Waals surface area contributed by atoms with Gasteiger partial charge in [-0.15, -0.1) is 0 Å². The van der Waals surface area contributed by atoms with Gasteiger partial charge in [0.1, 0.15) is 0 Å². The summed E-state index contributed by atoms with van der Waals surface area (Å²) in [4.78, 5) is 0. The van der Waals surface area contributed by atoms with E-state index in [4.69, 9.17) is 12.2 Å². The monoisotopic (exact) mass is 529 g/mol. The zero-order chi connectivity index (χ0) is 26.5. The molecule has 38 heavy (non-hydrogen) atoms. The molecular formula is C34H47N3S. The quantitative estimate of drug-likeness (QED) is 0.358. The molecule has 4 heteroatoms. The van der Waals surface area contributed by atoms with Crippen LogP contribution < -0.4 is 16.0 Å². The predicted molar refractivity (Wildman–Crippen MR) is 163 cm³/mol. The van der Waals surface area contributed by atoms with Crippen LogP contribution in [0.4, 0.5) is 0 Å². The molecule has 3 nitrogen and oxygen atoms in total. The number of nitrogens with one attached hydrogen (secondary N) is 3. The Morgan fingerprint density at radius 2 is 1.45 bits per heavy atom. The van der Waals surface area contributed by atoms with E-state index >= 15 is 0 Å². The fourth-order valence-electron chi connectivity index (χ4n) is 8.66. The first-order valence-electron chi connectivity index (χ1n) is 15.1. The molecule has 0 radical (unpaired) electrons. The highest BCUT2D eigenvalue weighted by molar-refractivity contribution is 7.80. The van der Waals surface area contributed by atoms with Crippen LogP contribution in [0.25, 0.3) is 0 Å². The topological polar surface area (TPSA) is 36.1 Å². The van der Waals surface area contributed by atoms with Gasteiger partial charge < -0.3 is 16.0 Å². The van der Waals surface area contributed by atoms with Crippen LogP contribution in [0.15, 0.2) is 48.5 Å². The third kappa shape index (κ3) is 5.54. The minimum atomic E-state index is 0.170. The summed E-state index contributed by atoms with van der Waals surface area (Å²) in [7, 11) is 0. The van der Waals surface area contributed by atoms with Crippen LogP contribution in [0, 0.1) is 30.6 Å². The Morgan fingerprint density at radius 1 is 0.895 bits per heavy atom. The zero-order valence-corrected chi connectivity index (χ0v) is 24.7. The zero-order valence-electron chi connectivity index (χ0n) is 23.9. The largest absolute Gasteiger partial charge is 0.362 e. The van der Waals surface area contributed by atoms with E-state index in [9.17, 15) is 0 Å². The van der Waals surface area contributed by atoms with Crippen molar-refractivity contribution < 1.29 is 0 Å². The van der Waals surface area contributed by atoms with Crippen LogP contribution >= 0.6 is 12.2 Å². The molecule has 4 aliphatic carbocycles. The minimum Gasteiger partial charge on any atom is -0.362 e. The average Bonchev–Trinajstić information content (AvgIpc) is 3.31. The first kappa shape index (κ1) is 26.3. The Hall–Kier alpha value is -1.91. The van der Waals surface area contributed by atoms with Gasteiger partial charge in [-0.1, -0.05) is 74.9 Å². The Labute approximate surface area is 236 Å². The molecule has 5 aliphatic rings. The lowest BCUT2D eigenvalue weighted by atomic mass is 9.53. The van der Waals surface area contributed by atoms with E-state index in [1.165, 1.54) is 60.8 Å². The summed E-state index contributed by atoms with van der Waals surface area (Å²) in [5.74, 6) is 3.75. The molecule has 5 fully saturated rings. The molecule has 2 aromatic rings. The number of benzene rings is 2. The maximum Gasteiger partial charge on any atom is 0.166 e. The van der Waals surface area contributed by atoms with Crippen LogP contribution in [0.1, 0.15) is 93.9 Å². The van der Waals surface area contributed by atoms with Gasteiger partial charge in [-0.25, -0.2) is 0 Å². The molecule has 4 saturated carbocycles. The van der Waals surface area contributed by atoms with Crippen LogP contribution in [-0.2, 0) is 5.41 Å². The lowest BCUT2D eigenvalue weighted by Crippen LogP contribution is -2.61. The second kappa shape index (κ2) is 10.2. The molecule has 3 atom stereocenters. The summed E-state index contributed by atoms with van der Waals surface area (Å²) < 4.78 is 0. The molecule has 0 amide bonds. The summed E-state index contributed by atoms with van der Waals surface area (Å²) in [5.41, 5.74) is 5.98. The number of rotatable bonds is 6. The van der Waals surface area contributed by atoms with E-state index in [2.05, 4.69) is 92.2 Å². The van der Waals surface area contributed by atoms with Gasteiger partial charge in [-0.3, -0.25) is 0 Å². The van der Waals surface area contributed by atoms with E-state index in [-0.39, 0.29) is 11.0 Å². The third-order valence-electron chi connectivity index (χ3n) is 10.2. The lowest BCUT2D eigenvalue weighted by Gasteiger charge is -2.57. The van der Waals surface area contributed by atoms with Gasteiger partial charge in [-0.2, -0.15) is 0 Å². The summed E-state index contributed by atoms with van der Waals surface area (Å²) in [5, 5.41) is 12.3. The van der Waals surface area contributed by atoms with Crippen molar-refractivity contribution in [3.8, 4) is 0 Å². The van der Waals surface area contributed by atoms with E-state index in [1.54, 1.807) is 0 Å². The molecular weight excluding hydrogens is 482 g/mol. The fraction of sp³-hybridized carbons (Fsp3) is 0.618. The molecule has 0 spiro atoms. The van der Waals surface area contributed by atoms with Gasteiger partial charge >= 0.3 is 0 Å². The van der Waals surface area contributed by atoms with Crippen LogP contribution in [-0.4, -0.2) is 29.8 Å². The highest BCUT2D eigenvalue weighted by Crippen LogP contribution is 2.55. The van der Waals surface area contributed by atoms with Crippen LogP contribution in [0.2, 0.25) is 0 Å². The Morgan fingerprint density at radius 3 is 2.00 bits per heavy atom. The van der Waals surface area contributed by atoms with Crippen molar-refractivity contribution in [2.24, 2.45) is 23.7 Å². The first-order chi connectivity index (χ1) is 18.2. The SMILES string of the molecule is Cc1ccc(C(c2ccc(C(C)(C)C)cc2)[C@H]2CC(CNC(=S)NC34CC5CC(CC(C5)C3)C4)CN2)cc1. The average molecular weight is 530 g/mol. The van der Waals surface area contributed by atoms with Crippen LogP contribution in [0.3, 0.4) is 0 Å². The van der Waals surface area contributed by atoms with Crippen molar-refractivity contribution in [2.45, 2.75) is 95.6 Å². The fourth-order valence-corrected chi connectivity index (χ4v) is 8.96. The second-order valence-corrected chi connectivity index (χ2v) is 14.8. The van der Waals surface area contributed by atoms with E-state index in [0.717, 1.165) is 42.4 Å². The number of hydrogen-bond donors (Lipinski definition) is 3. The van der Waals surface area contributed by atoms with Gasteiger partial charge in [-0.05, 0) is 116 Å². The molecule has 1 aliphatic heterocycles. The van der Waals surface area contributed by atoms with Crippen molar-refractivity contribution in [2.75, 3.05) is 13.1 Å². The highest BCUT2D eigenvalue weighted by atomic mass is 32.1. The smallest absolute Gasteiger partial charge is 0.166 e. The number of hydrogen-bond acceptors (Lipinski definition) is 2. The Balaban J connectivity index is 1.10. The van der Waals surface area contributed by atoms with E-state index < -0.39 is 0 Å². The Bertz CT molecular complexity index is 1090. The van der Waals surface area contributed by atoms with E-state index in [1.807, 2.05) is 0 Å². The van der Waals surface area contributed by atoms with Gasteiger partial charge in [0.05, 0.1) is 0 Å². The normalized spacial score (nSPS) is 32.8.